The summed E-state index contributed by atoms with van der Waals surface area (Å²) < 4.78 is 0. The number of nitrogens with two attached hydrogens (primary N) is 2. The molecule has 0 amide bonds. The SMILES string of the molecule is CCC(N)(O)CN.[Ti]. The second-order valence-corrected chi connectivity index (χ2v) is 1.66. The topological polar surface area (TPSA) is 72.3 Å². The molecule has 0 saturated heterocycles. The van der Waals surface area contributed by atoms with Crippen LogP contribution in [-0.4, -0.2) is 17.4 Å². The van der Waals surface area contributed by atoms with E-state index in [9.17, 15) is 0 Å². The molecule has 0 bridgehead atoms. The fraction of sp³-hybridized carbons (Fsp3) is 1.00. The predicted molar refractivity (Wildman–Crippen MR) is 28.5 cm³/mol. The summed E-state index contributed by atoms with van der Waals surface area (Å²) in [5, 5.41) is 8.78. The predicted octanol–water partition coefficient (Wildman–Crippen LogP) is -1.00. The van der Waals surface area contributed by atoms with E-state index in [1.54, 1.807) is 6.92 Å². The molecule has 0 aromatic heterocycles. The first-order valence-electron chi connectivity index (χ1n) is 2.33. The molecule has 0 aliphatic heterocycles. The van der Waals surface area contributed by atoms with Crippen molar-refractivity contribution in [3.8, 4) is 0 Å². The molecule has 0 spiro atoms. The quantitative estimate of drug-likeness (QED) is 0.351. The number of rotatable bonds is 2. The number of aliphatic hydroxyl groups is 1. The summed E-state index contributed by atoms with van der Waals surface area (Å²) in [6.45, 7) is 1.91. The summed E-state index contributed by atoms with van der Waals surface area (Å²) in [6, 6.07) is 0. The van der Waals surface area contributed by atoms with Crippen molar-refractivity contribution in [3.05, 3.63) is 0 Å². The Balaban J connectivity index is 0. The fourth-order valence-electron chi connectivity index (χ4n) is 0.144. The van der Waals surface area contributed by atoms with Gasteiger partial charge in [-0.3, -0.25) is 0 Å². The van der Waals surface area contributed by atoms with Crippen LogP contribution in [0, 0.1) is 0 Å². The Morgan fingerprint density at radius 2 is 2.00 bits per heavy atom. The van der Waals surface area contributed by atoms with Gasteiger partial charge in [-0.15, -0.1) is 0 Å². The van der Waals surface area contributed by atoms with Crippen molar-refractivity contribution in [1.82, 2.24) is 0 Å². The third-order valence-corrected chi connectivity index (χ3v) is 0.966. The molecule has 48 valence electrons. The molecule has 0 aliphatic rings. The summed E-state index contributed by atoms with van der Waals surface area (Å²) in [5.74, 6) is 0. The van der Waals surface area contributed by atoms with E-state index in [0.717, 1.165) is 0 Å². The molecule has 0 heterocycles. The van der Waals surface area contributed by atoms with E-state index in [1.807, 2.05) is 0 Å². The molecular formula is C4H12N2OTi. The molecule has 0 saturated carbocycles. The maximum absolute atomic E-state index is 8.78. The second-order valence-electron chi connectivity index (χ2n) is 1.66. The van der Waals surface area contributed by atoms with E-state index >= 15 is 0 Å². The van der Waals surface area contributed by atoms with Crippen molar-refractivity contribution < 1.29 is 26.8 Å². The smallest absolute Gasteiger partial charge is 0.125 e. The molecule has 3 nitrogen and oxygen atoms in total. The Hall–Kier alpha value is 0.594. The Morgan fingerprint density at radius 1 is 1.62 bits per heavy atom. The summed E-state index contributed by atoms with van der Waals surface area (Å²) in [7, 11) is 0. The fourth-order valence-corrected chi connectivity index (χ4v) is 0.144. The standard InChI is InChI=1S/C4H12N2O.Ti/c1-2-4(6,7)3-5;/h7H,2-3,5-6H2,1H3;. The molecule has 1 unspecified atom stereocenters. The monoisotopic (exact) mass is 152 g/mol. The van der Waals surface area contributed by atoms with Crippen LogP contribution in [0.1, 0.15) is 13.3 Å². The van der Waals surface area contributed by atoms with Gasteiger partial charge < -0.3 is 16.6 Å². The summed E-state index contributed by atoms with van der Waals surface area (Å²) in [4.78, 5) is 0. The minimum Gasteiger partial charge on any atom is -0.375 e. The van der Waals surface area contributed by atoms with Crippen LogP contribution in [0.3, 0.4) is 0 Å². The summed E-state index contributed by atoms with van der Waals surface area (Å²) in [5.41, 5.74) is 9.05. The van der Waals surface area contributed by atoms with Crippen LogP contribution < -0.4 is 11.5 Å². The maximum atomic E-state index is 8.78. The van der Waals surface area contributed by atoms with Crippen LogP contribution in [0.4, 0.5) is 0 Å². The number of hydrogen-bond donors (Lipinski definition) is 3. The summed E-state index contributed by atoms with van der Waals surface area (Å²) >= 11 is 0. The first-order chi connectivity index (χ1) is 3.12. The van der Waals surface area contributed by atoms with Gasteiger partial charge in [0.1, 0.15) is 5.72 Å². The van der Waals surface area contributed by atoms with E-state index in [0.29, 0.717) is 6.42 Å². The Labute approximate surface area is 64.3 Å². The van der Waals surface area contributed by atoms with Gasteiger partial charge in [-0.2, -0.15) is 0 Å². The molecule has 0 fully saturated rings. The van der Waals surface area contributed by atoms with E-state index in [2.05, 4.69) is 0 Å². The van der Waals surface area contributed by atoms with Gasteiger partial charge >= 0.3 is 0 Å². The van der Waals surface area contributed by atoms with E-state index in [-0.39, 0.29) is 28.3 Å². The van der Waals surface area contributed by atoms with E-state index < -0.39 is 5.72 Å². The Bertz CT molecular complexity index is 52.0. The minimum absolute atomic E-state index is 0. The molecule has 8 heavy (non-hydrogen) atoms. The molecular weight excluding hydrogens is 140 g/mol. The largest absolute Gasteiger partial charge is 0.375 e. The van der Waals surface area contributed by atoms with Crippen molar-refractivity contribution in [1.29, 1.82) is 0 Å². The third-order valence-electron chi connectivity index (χ3n) is 0.966. The van der Waals surface area contributed by atoms with Gasteiger partial charge in [0.2, 0.25) is 0 Å². The minimum atomic E-state index is -1.14. The van der Waals surface area contributed by atoms with Crippen LogP contribution >= 0.6 is 0 Å². The third kappa shape index (κ3) is 4.75. The van der Waals surface area contributed by atoms with Crippen LogP contribution in [-0.2, 0) is 21.7 Å². The molecule has 0 rings (SSSR count). The molecule has 1 atom stereocenters. The average Bonchev–Trinajstić information content (AvgIpc) is 1.68. The maximum Gasteiger partial charge on any atom is 0.125 e. The summed E-state index contributed by atoms with van der Waals surface area (Å²) in [6.07, 6.45) is 0.503. The van der Waals surface area contributed by atoms with E-state index in [1.165, 1.54) is 0 Å². The first-order valence-corrected chi connectivity index (χ1v) is 2.33. The molecule has 0 aromatic carbocycles. The van der Waals surface area contributed by atoms with Crippen molar-refractivity contribution >= 4 is 0 Å². The average molecular weight is 152 g/mol. The van der Waals surface area contributed by atoms with Gasteiger partial charge in [-0.05, 0) is 6.42 Å². The van der Waals surface area contributed by atoms with Crippen LogP contribution in [0.25, 0.3) is 0 Å². The zero-order valence-electron chi connectivity index (χ0n) is 5.02. The molecule has 0 aromatic rings. The van der Waals surface area contributed by atoms with Gasteiger partial charge in [0.25, 0.3) is 0 Å². The first kappa shape index (κ1) is 11.4. The molecule has 0 radical (unpaired) electrons. The Morgan fingerprint density at radius 3 is 2.00 bits per heavy atom. The van der Waals surface area contributed by atoms with Crippen LogP contribution in [0.15, 0.2) is 0 Å². The van der Waals surface area contributed by atoms with Gasteiger partial charge in [0.05, 0.1) is 0 Å². The van der Waals surface area contributed by atoms with Gasteiger partial charge in [0.15, 0.2) is 0 Å². The zero-order chi connectivity index (χ0) is 5.91. The van der Waals surface area contributed by atoms with Gasteiger partial charge in [-0.1, -0.05) is 6.92 Å². The van der Waals surface area contributed by atoms with Crippen molar-refractivity contribution in [2.24, 2.45) is 11.5 Å². The molecule has 4 heteroatoms. The zero-order valence-corrected chi connectivity index (χ0v) is 6.58. The number of hydrogen-bond acceptors (Lipinski definition) is 3. The van der Waals surface area contributed by atoms with Crippen molar-refractivity contribution in [2.75, 3.05) is 6.54 Å². The van der Waals surface area contributed by atoms with Crippen LogP contribution in [0.5, 0.6) is 0 Å². The van der Waals surface area contributed by atoms with E-state index in [4.69, 9.17) is 16.6 Å². The Kier molecular flexibility index (Phi) is 6.37. The molecule has 5 N–H and O–H groups in total. The second kappa shape index (κ2) is 4.47. The van der Waals surface area contributed by atoms with Crippen molar-refractivity contribution in [2.45, 2.75) is 19.1 Å². The molecule has 0 aliphatic carbocycles. The normalized spacial score (nSPS) is 16.5. The van der Waals surface area contributed by atoms with Crippen LogP contribution in [0.2, 0.25) is 0 Å². The van der Waals surface area contributed by atoms with Crippen molar-refractivity contribution in [3.63, 3.8) is 0 Å². The van der Waals surface area contributed by atoms with Gasteiger partial charge in [0, 0.05) is 28.3 Å². The van der Waals surface area contributed by atoms with Gasteiger partial charge in [-0.25, -0.2) is 0 Å².